The van der Waals surface area contributed by atoms with E-state index in [0.29, 0.717) is 36.9 Å². The summed E-state index contributed by atoms with van der Waals surface area (Å²) in [6, 6.07) is 19.8. The van der Waals surface area contributed by atoms with Gasteiger partial charge in [0, 0.05) is 30.4 Å². The Morgan fingerprint density at radius 1 is 1.11 bits per heavy atom. The molecule has 0 saturated carbocycles. The molecule has 2 aromatic carbocycles. The fraction of sp³-hybridized carbons (Fsp3) is 0.190. The zero-order chi connectivity index (χ0) is 18.2. The summed E-state index contributed by atoms with van der Waals surface area (Å²) in [5.41, 5.74) is 2.74. The van der Waals surface area contributed by atoms with Crippen LogP contribution in [0.1, 0.15) is 33.7 Å². The molecule has 0 radical (unpaired) electrons. The van der Waals surface area contributed by atoms with E-state index in [1.54, 1.807) is 4.90 Å². The summed E-state index contributed by atoms with van der Waals surface area (Å²) in [5, 5.41) is 5.12. The molecule has 5 rings (SSSR count). The molecule has 0 spiro atoms. The van der Waals surface area contributed by atoms with Crippen molar-refractivity contribution in [3.8, 4) is 0 Å². The van der Waals surface area contributed by atoms with Gasteiger partial charge in [-0.05, 0) is 17.7 Å². The van der Waals surface area contributed by atoms with Gasteiger partial charge in [-0.3, -0.25) is 4.79 Å². The van der Waals surface area contributed by atoms with Crippen molar-refractivity contribution in [1.29, 1.82) is 0 Å². The number of amides is 1. The lowest BCUT2D eigenvalue weighted by atomic mass is 9.99. The second-order valence-electron chi connectivity index (χ2n) is 6.89. The van der Waals surface area contributed by atoms with E-state index in [0.717, 1.165) is 16.5 Å². The molecule has 0 aliphatic carbocycles. The first-order valence-corrected chi connectivity index (χ1v) is 9.00. The van der Waals surface area contributed by atoms with Crippen molar-refractivity contribution >= 4 is 16.8 Å². The van der Waals surface area contributed by atoms with Gasteiger partial charge in [0.25, 0.3) is 5.91 Å². The normalized spacial score (nSPS) is 14.4. The van der Waals surface area contributed by atoms with Crippen molar-refractivity contribution < 1.29 is 9.32 Å². The number of fused-ring (bicyclic) bond motifs is 1. The number of likely N-dealkylation sites (tertiary alicyclic amines) is 1. The monoisotopic (exact) mass is 358 g/mol. The highest BCUT2D eigenvalue weighted by molar-refractivity contribution is 5.98. The Morgan fingerprint density at radius 3 is 2.70 bits per heavy atom. The van der Waals surface area contributed by atoms with E-state index in [2.05, 4.69) is 15.1 Å². The molecule has 1 N–H and O–H groups in total. The number of hydrogen-bond acceptors (Lipinski definition) is 4. The van der Waals surface area contributed by atoms with Crippen LogP contribution in [0.25, 0.3) is 10.9 Å². The number of nitrogens with one attached hydrogen (secondary N) is 1. The maximum atomic E-state index is 12.6. The van der Waals surface area contributed by atoms with Crippen LogP contribution in [-0.2, 0) is 6.42 Å². The van der Waals surface area contributed by atoms with Gasteiger partial charge in [0.05, 0.1) is 5.92 Å². The first kappa shape index (κ1) is 15.8. The molecule has 6 heteroatoms. The van der Waals surface area contributed by atoms with Crippen LogP contribution in [0.5, 0.6) is 0 Å². The molecule has 27 heavy (non-hydrogen) atoms. The molecule has 1 amide bonds. The van der Waals surface area contributed by atoms with Gasteiger partial charge in [0.2, 0.25) is 5.89 Å². The third-order valence-electron chi connectivity index (χ3n) is 4.97. The zero-order valence-electron chi connectivity index (χ0n) is 14.6. The SMILES string of the molecule is O=C(c1cc2ccccc2[nH]1)N1CC(c2nc(Cc3ccccc3)no2)C1. The second-order valence-corrected chi connectivity index (χ2v) is 6.89. The second kappa shape index (κ2) is 6.39. The van der Waals surface area contributed by atoms with Crippen LogP contribution in [0.15, 0.2) is 65.2 Å². The molecule has 3 heterocycles. The molecule has 6 nitrogen and oxygen atoms in total. The van der Waals surface area contributed by atoms with Gasteiger partial charge in [-0.25, -0.2) is 0 Å². The Morgan fingerprint density at radius 2 is 1.89 bits per heavy atom. The van der Waals surface area contributed by atoms with Crippen molar-refractivity contribution in [2.24, 2.45) is 0 Å². The Bertz CT molecular complexity index is 1060. The number of aromatic nitrogens is 3. The van der Waals surface area contributed by atoms with E-state index in [1.165, 1.54) is 0 Å². The minimum atomic E-state index is 0.00599. The number of benzene rings is 2. The van der Waals surface area contributed by atoms with Crippen LogP contribution in [0.3, 0.4) is 0 Å². The zero-order valence-corrected chi connectivity index (χ0v) is 14.6. The first-order chi connectivity index (χ1) is 13.3. The molecule has 2 aromatic heterocycles. The number of carbonyl (C=O) groups excluding carboxylic acids is 1. The van der Waals surface area contributed by atoms with Gasteiger partial charge in [0.15, 0.2) is 5.82 Å². The van der Waals surface area contributed by atoms with Crippen LogP contribution in [0.4, 0.5) is 0 Å². The Hall–Kier alpha value is -3.41. The fourth-order valence-corrected chi connectivity index (χ4v) is 3.44. The molecule has 0 atom stereocenters. The Balaban J connectivity index is 1.23. The molecule has 1 aliphatic rings. The first-order valence-electron chi connectivity index (χ1n) is 9.00. The number of rotatable bonds is 4. The van der Waals surface area contributed by atoms with Crippen molar-refractivity contribution in [2.45, 2.75) is 12.3 Å². The van der Waals surface area contributed by atoms with Crippen molar-refractivity contribution in [1.82, 2.24) is 20.0 Å². The van der Waals surface area contributed by atoms with Crippen molar-refractivity contribution in [2.75, 3.05) is 13.1 Å². The summed E-state index contributed by atoms with van der Waals surface area (Å²) >= 11 is 0. The van der Waals surface area contributed by atoms with Crippen LogP contribution < -0.4 is 0 Å². The summed E-state index contributed by atoms with van der Waals surface area (Å²) in [5.74, 6) is 1.40. The smallest absolute Gasteiger partial charge is 0.270 e. The summed E-state index contributed by atoms with van der Waals surface area (Å²) in [6.45, 7) is 1.20. The minimum absolute atomic E-state index is 0.00599. The molecule has 0 unspecified atom stereocenters. The maximum absolute atomic E-state index is 12.6. The predicted octanol–water partition coefficient (Wildman–Crippen LogP) is 3.38. The lowest BCUT2D eigenvalue weighted by molar-refractivity contribution is 0.0564. The van der Waals surface area contributed by atoms with E-state index in [-0.39, 0.29) is 11.8 Å². The van der Waals surface area contributed by atoms with Gasteiger partial charge >= 0.3 is 0 Å². The van der Waals surface area contributed by atoms with Gasteiger partial charge < -0.3 is 14.4 Å². The van der Waals surface area contributed by atoms with Crippen LogP contribution in [-0.4, -0.2) is 39.0 Å². The average Bonchev–Trinajstić information content (AvgIpc) is 3.28. The summed E-state index contributed by atoms with van der Waals surface area (Å²) < 4.78 is 5.42. The Kier molecular flexibility index (Phi) is 3.74. The van der Waals surface area contributed by atoms with Gasteiger partial charge in [-0.15, -0.1) is 0 Å². The summed E-state index contributed by atoms with van der Waals surface area (Å²) in [4.78, 5) is 22.1. The number of carbonyl (C=O) groups is 1. The lowest BCUT2D eigenvalue weighted by Crippen LogP contribution is -2.48. The highest BCUT2D eigenvalue weighted by atomic mass is 16.5. The van der Waals surface area contributed by atoms with E-state index in [9.17, 15) is 4.79 Å². The molecule has 1 fully saturated rings. The van der Waals surface area contributed by atoms with E-state index in [1.807, 2.05) is 60.7 Å². The quantitative estimate of drug-likeness (QED) is 0.607. The van der Waals surface area contributed by atoms with E-state index >= 15 is 0 Å². The molecular formula is C21H18N4O2. The van der Waals surface area contributed by atoms with Crippen LogP contribution in [0, 0.1) is 0 Å². The third-order valence-corrected chi connectivity index (χ3v) is 4.97. The fourth-order valence-electron chi connectivity index (χ4n) is 3.44. The van der Waals surface area contributed by atoms with Crippen LogP contribution in [0.2, 0.25) is 0 Å². The summed E-state index contributed by atoms with van der Waals surface area (Å²) in [6.07, 6.45) is 0.648. The number of para-hydroxylation sites is 1. The van der Waals surface area contributed by atoms with Gasteiger partial charge in [-0.2, -0.15) is 4.98 Å². The molecule has 0 bridgehead atoms. The Labute approximate surface area is 155 Å². The molecule has 4 aromatic rings. The largest absolute Gasteiger partial charge is 0.351 e. The molecule has 1 aliphatic heterocycles. The number of aromatic amines is 1. The molecular weight excluding hydrogens is 340 g/mol. The maximum Gasteiger partial charge on any atom is 0.270 e. The topological polar surface area (TPSA) is 75.0 Å². The van der Waals surface area contributed by atoms with Gasteiger partial charge in [0.1, 0.15) is 5.69 Å². The van der Waals surface area contributed by atoms with Crippen molar-refractivity contribution in [3.05, 3.63) is 83.6 Å². The number of nitrogens with zero attached hydrogens (tertiary/aromatic N) is 3. The van der Waals surface area contributed by atoms with E-state index in [4.69, 9.17) is 4.52 Å². The van der Waals surface area contributed by atoms with Crippen LogP contribution >= 0.6 is 0 Å². The number of H-pyrrole nitrogens is 1. The summed E-state index contributed by atoms with van der Waals surface area (Å²) in [7, 11) is 0. The van der Waals surface area contributed by atoms with E-state index < -0.39 is 0 Å². The van der Waals surface area contributed by atoms with Crippen molar-refractivity contribution in [3.63, 3.8) is 0 Å². The third kappa shape index (κ3) is 2.99. The molecule has 1 saturated heterocycles. The average molecular weight is 358 g/mol. The predicted molar refractivity (Wildman–Crippen MR) is 100 cm³/mol. The highest BCUT2D eigenvalue weighted by Crippen LogP contribution is 2.28. The van der Waals surface area contributed by atoms with Gasteiger partial charge in [-0.1, -0.05) is 53.7 Å². The standard InChI is InChI=1S/C21H18N4O2/c26-21(18-11-15-8-4-5-9-17(15)22-18)25-12-16(13-25)20-23-19(24-27-20)10-14-6-2-1-3-7-14/h1-9,11,16,22H,10,12-13H2. The molecule has 134 valence electrons. The number of hydrogen-bond donors (Lipinski definition) is 1. The minimum Gasteiger partial charge on any atom is -0.351 e. The highest BCUT2D eigenvalue weighted by Gasteiger charge is 2.36. The lowest BCUT2D eigenvalue weighted by Gasteiger charge is -2.36.